The number of nitrogens with one attached hydrogen (secondary N) is 1. The lowest BCUT2D eigenvalue weighted by molar-refractivity contribution is -0.120. The third-order valence-electron chi connectivity index (χ3n) is 4.08. The number of pyridine rings is 1. The van der Waals surface area contributed by atoms with Gasteiger partial charge in [-0.3, -0.25) is 14.7 Å². The van der Waals surface area contributed by atoms with E-state index in [0.29, 0.717) is 5.95 Å². The Balaban J connectivity index is 2.03. The van der Waals surface area contributed by atoms with Gasteiger partial charge in [0.2, 0.25) is 11.9 Å². The quantitative estimate of drug-likeness (QED) is 0.941. The molecule has 2 aromatic heterocycles. The van der Waals surface area contributed by atoms with Crippen molar-refractivity contribution in [2.45, 2.75) is 27.7 Å². The zero-order chi connectivity index (χ0) is 15.9. The van der Waals surface area contributed by atoms with E-state index in [1.54, 1.807) is 0 Å². The van der Waals surface area contributed by atoms with Gasteiger partial charge in [-0.1, -0.05) is 26.8 Å². The van der Waals surface area contributed by atoms with E-state index in [1.165, 1.54) is 0 Å². The van der Waals surface area contributed by atoms with E-state index in [-0.39, 0.29) is 17.7 Å². The molecule has 0 unspecified atom stereocenters. The van der Waals surface area contributed by atoms with Gasteiger partial charge in [0.25, 0.3) is 0 Å². The van der Waals surface area contributed by atoms with Crippen molar-refractivity contribution in [3.63, 3.8) is 0 Å². The van der Waals surface area contributed by atoms with Crippen LogP contribution in [0.2, 0.25) is 0 Å². The van der Waals surface area contributed by atoms with Crippen molar-refractivity contribution in [1.82, 2.24) is 14.5 Å². The first-order chi connectivity index (χ1) is 10.5. The minimum atomic E-state index is -0.0751. The van der Waals surface area contributed by atoms with Gasteiger partial charge in [0.15, 0.2) is 5.65 Å². The molecule has 22 heavy (non-hydrogen) atoms. The van der Waals surface area contributed by atoms with Crippen LogP contribution in [0, 0.1) is 18.8 Å². The van der Waals surface area contributed by atoms with Gasteiger partial charge in [-0.15, -0.1) is 0 Å². The average Bonchev–Trinajstić information content (AvgIpc) is 2.74. The highest BCUT2D eigenvalue weighted by Crippen LogP contribution is 2.27. The molecule has 5 nitrogen and oxygen atoms in total. The SMILES string of the molecule is Cc1ccc2nc(NC(=O)[C@@H](C)C(C)C)n(C3=CC=C3)c2n1. The fourth-order valence-electron chi connectivity index (χ4n) is 2.24. The first-order valence-electron chi connectivity index (χ1n) is 7.53. The van der Waals surface area contributed by atoms with Gasteiger partial charge in [0.1, 0.15) is 5.52 Å². The van der Waals surface area contributed by atoms with Crippen LogP contribution in [0.5, 0.6) is 0 Å². The molecule has 0 aliphatic heterocycles. The molecule has 3 rings (SSSR count). The van der Waals surface area contributed by atoms with Crippen LogP contribution in [0.1, 0.15) is 26.5 Å². The van der Waals surface area contributed by atoms with Gasteiger partial charge in [-0.05, 0) is 37.1 Å². The van der Waals surface area contributed by atoms with Crippen LogP contribution in [0.15, 0.2) is 30.4 Å². The lowest BCUT2D eigenvalue weighted by Crippen LogP contribution is -2.26. The van der Waals surface area contributed by atoms with Gasteiger partial charge in [-0.25, -0.2) is 9.97 Å². The van der Waals surface area contributed by atoms with Crippen molar-refractivity contribution in [3.8, 4) is 0 Å². The molecule has 0 spiro atoms. The fourth-order valence-corrected chi connectivity index (χ4v) is 2.24. The summed E-state index contributed by atoms with van der Waals surface area (Å²) in [7, 11) is 0. The average molecular weight is 296 g/mol. The third-order valence-corrected chi connectivity index (χ3v) is 4.08. The van der Waals surface area contributed by atoms with Crippen LogP contribution >= 0.6 is 0 Å². The largest absolute Gasteiger partial charge is 0.295 e. The predicted molar refractivity (Wildman–Crippen MR) is 88.3 cm³/mol. The second kappa shape index (κ2) is 5.40. The number of aromatic nitrogens is 3. The van der Waals surface area contributed by atoms with Crippen molar-refractivity contribution in [1.29, 1.82) is 0 Å². The number of imidazole rings is 1. The Bertz CT molecular complexity index is 798. The summed E-state index contributed by atoms with van der Waals surface area (Å²) in [6, 6.07) is 3.85. The Kier molecular flexibility index (Phi) is 3.56. The molecule has 0 saturated carbocycles. The Labute approximate surface area is 129 Å². The van der Waals surface area contributed by atoms with E-state index in [0.717, 1.165) is 22.6 Å². The minimum Gasteiger partial charge on any atom is -0.295 e. The fraction of sp³-hybridized carbons (Fsp3) is 0.353. The zero-order valence-corrected chi connectivity index (χ0v) is 13.3. The maximum atomic E-state index is 12.4. The van der Waals surface area contributed by atoms with Gasteiger partial charge >= 0.3 is 0 Å². The Morgan fingerprint density at radius 2 is 1.95 bits per heavy atom. The summed E-state index contributed by atoms with van der Waals surface area (Å²) in [5.41, 5.74) is 3.45. The topological polar surface area (TPSA) is 59.8 Å². The van der Waals surface area contributed by atoms with E-state index in [4.69, 9.17) is 0 Å². The lowest BCUT2D eigenvalue weighted by atomic mass is 9.97. The highest BCUT2D eigenvalue weighted by Gasteiger charge is 2.22. The monoisotopic (exact) mass is 296 g/mol. The lowest BCUT2D eigenvalue weighted by Gasteiger charge is -2.17. The first-order valence-corrected chi connectivity index (χ1v) is 7.53. The molecular formula is C17H20N4O. The number of anilines is 1. The summed E-state index contributed by atoms with van der Waals surface area (Å²) in [5, 5.41) is 2.95. The summed E-state index contributed by atoms with van der Waals surface area (Å²) < 4.78 is 1.90. The molecule has 1 aliphatic rings. The van der Waals surface area contributed by atoms with Gasteiger partial charge in [0, 0.05) is 11.6 Å². The molecule has 1 N–H and O–H groups in total. The molecule has 1 atom stereocenters. The Hall–Kier alpha value is -2.43. The van der Waals surface area contributed by atoms with Gasteiger partial charge in [0.05, 0.1) is 5.70 Å². The summed E-state index contributed by atoms with van der Waals surface area (Å²) >= 11 is 0. The molecular weight excluding hydrogens is 276 g/mol. The molecule has 5 heteroatoms. The maximum absolute atomic E-state index is 12.4. The summed E-state index contributed by atoms with van der Waals surface area (Å²) in [4.78, 5) is 21.4. The van der Waals surface area contributed by atoms with E-state index in [2.05, 4.69) is 15.3 Å². The van der Waals surface area contributed by atoms with Crippen LogP contribution in [0.3, 0.4) is 0 Å². The number of rotatable bonds is 4. The Morgan fingerprint density at radius 3 is 2.55 bits per heavy atom. The molecule has 0 bridgehead atoms. The number of amides is 1. The molecule has 0 fully saturated rings. The van der Waals surface area contributed by atoms with Crippen molar-refractivity contribution in [2.24, 2.45) is 11.8 Å². The number of carbonyl (C=O) groups is 1. The first kappa shape index (κ1) is 14.5. The van der Waals surface area contributed by atoms with Crippen LogP contribution in [0.4, 0.5) is 5.95 Å². The third kappa shape index (κ3) is 2.43. The highest BCUT2D eigenvalue weighted by molar-refractivity contribution is 5.94. The number of nitrogens with zero attached hydrogens (tertiary/aromatic N) is 3. The molecule has 1 amide bonds. The maximum Gasteiger partial charge on any atom is 0.229 e. The second-order valence-electron chi connectivity index (χ2n) is 6.04. The number of hydrogen-bond acceptors (Lipinski definition) is 3. The van der Waals surface area contributed by atoms with Crippen molar-refractivity contribution in [3.05, 3.63) is 36.1 Å². The molecule has 0 saturated heterocycles. The molecule has 2 heterocycles. The van der Waals surface area contributed by atoms with Gasteiger partial charge < -0.3 is 0 Å². The predicted octanol–water partition coefficient (Wildman–Crippen LogP) is 3.38. The van der Waals surface area contributed by atoms with E-state index < -0.39 is 0 Å². The Morgan fingerprint density at radius 1 is 1.23 bits per heavy atom. The molecule has 1 aliphatic carbocycles. The number of allylic oxidation sites excluding steroid dienone is 4. The highest BCUT2D eigenvalue weighted by atomic mass is 16.2. The van der Waals surface area contributed by atoms with Gasteiger partial charge in [-0.2, -0.15) is 0 Å². The van der Waals surface area contributed by atoms with Crippen LogP contribution in [0.25, 0.3) is 16.9 Å². The molecule has 2 aromatic rings. The van der Waals surface area contributed by atoms with E-state index >= 15 is 0 Å². The standard InChI is InChI=1S/C17H20N4O/c1-10(2)12(4)16(22)20-17-19-14-9-8-11(3)18-15(14)21(17)13-6-5-7-13/h5-10,12H,1-4H3,(H,19,20,22)/t12-/m0/s1. The number of carbonyl (C=O) groups excluding carboxylic acids is 1. The number of hydrogen-bond donors (Lipinski definition) is 1. The summed E-state index contributed by atoms with van der Waals surface area (Å²) in [5.74, 6) is 0.711. The number of aryl methyl sites for hydroxylation is 1. The van der Waals surface area contributed by atoms with Crippen molar-refractivity contribution < 1.29 is 4.79 Å². The summed E-state index contributed by atoms with van der Waals surface area (Å²) in [6.07, 6.45) is 5.92. The van der Waals surface area contributed by atoms with Crippen molar-refractivity contribution in [2.75, 3.05) is 5.32 Å². The minimum absolute atomic E-state index is 0.0211. The number of fused-ring (bicyclic) bond motifs is 1. The van der Waals surface area contributed by atoms with E-state index in [1.807, 2.05) is 62.6 Å². The normalized spacial score (nSPS) is 14.9. The van der Waals surface area contributed by atoms with Crippen molar-refractivity contribution >= 4 is 28.7 Å². The zero-order valence-electron chi connectivity index (χ0n) is 13.3. The summed E-state index contributed by atoms with van der Waals surface area (Å²) in [6.45, 7) is 7.95. The molecule has 0 radical (unpaired) electrons. The van der Waals surface area contributed by atoms with Crippen LogP contribution < -0.4 is 5.32 Å². The van der Waals surface area contributed by atoms with Crippen LogP contribution in [-0.2, 0) is 4.79 Å². The smallest absolute Gasteiger partial charge is 0.229 e. The van der Waals surface area contributed by atoms with Crippen LogP contribution in [-0.4, -0.2) is 20.4 Å². The molecule has 0 aromatic carbocycles. The van der Waals surface area contributed by atoms with E-state index in [9.17, 15) is 4.79 Å². The second-order valence-corrected chi connectivity index (χ2v) is 6.04. The molecule has 114 valence electrons.